The Morgan fingerprint density at radius 1 is 1.31 bits per heavy atom. The van der Waals surface area contributed by atoms with Crippen molar-refractivity contribution in [1.82, 2.24) is 19.4 Å². The molecule has 1 fully saturated rings. The number of carbonyl (C=O) groups excluding carboxylic acids is 3. The topological polar surface area (TPSA) is 180 Å². The molecule has 0 saturated carbocycles. The lowest BCUT2D eigenvalue weighted by Gasteiger charge is -2.30. The fourth-order valence-corrected chi connectivity index (χ4v) is 3.81. The first kappa shape index (κ1) is 28.4. The highest BCUT2D eigenvalue weighted by molar-refractivity contribution is 5.82. The van der Waals surface area contributed by atoms with Gasteiger partial charge < -0.3 is 19.3 Å². The van der Waals surface area contributed by atoms with Crippen molar-refractivity contribution < 1.29 is 23.9 Å². The van der Waals surface area contributed by atoms with E-state index in [1.165, 1.54) is 22.9 Å². The van der Waals surface area contributed by atoms with Crippen LogP contribution in [0.5, 0.6) is 0 Å². The van der Waals surface area contributed by atoms with Crippen LogP contribution in [0.25, 0.3) is 10.4 Å². The van der Waals surface area contributed by atoms with Gasteiger partial charge >= 0.3 is 17.8 Å². The van der Waals surface area contributed by atoms with Gasteiger partial charge in [-0.1, -0.05) is 5.11 Å². The minimum absolute atomic E-state index is 0.0572. The molecule has 2 heterocycles. The third-order valence-corrected chi connectivity index (χ3v) is 5.44. The Morgan fingerprint density at radius 2 is 2.00 bits per heavy atom. The van der Waals surface area contributed by atoms with E-state index in [0.717, 1.165) is 4.57 Å². The summed E-state index contributed by atoms with van der Waals surface area (Å²) in [6.07, 6.45) is 1.33. The predicted molar refractivity (Wildman–Crippen MR) is 128 cm³/mol. The van der Waals surface area contributed by atoms with E-state index in [4.69, 9.17) is 15.0 Å². The molecule has 0 bridgehead atoms. The van der Waals surface area contributed by atoms with Crippen LogP contribution in [0, 0.1) is 6.92 Å². The molecule has 0 spiro atoms. The molecule has 2 rings (SSSR count). The number of aromatic amines is 1. The molecule has 0 aromatic carbocycles. The van der Waals surface area contributed by atoms with E-state index in [2.05, 4.69) is 15.0 Å². The number of ether oxygens (including phenoxy) is 2. The van der Waals surface area contributed by atoms with Crippen molar-refractivity contribution in [2.24, 2.45) is 5.11 Å². The van der Waals surface area contributed by atoms with E-state index in [-0.39, 0.29) is 38.2 Å². The number of aryl methyl sites for hydroxylation is 1. The molecule has 1 aliphatic heterocycles. The van der Waals surface area contributed by atoms with Crippen molar-refractivity contribution in [3.8, 4) is 0 Å². The Hall–Kier alpha value is -3.80. The molecule has 36 heavy (non-hydrogen) atoms. The van der Waals surface area contributed by atoms with Gasteiger partial charge in [-0.2, -0.15) is 0 Å². The summed E-state index contributed by atoms with van der Waals surface area (Å²) < 4.78 is 11.5. The maximum Gasteiger partial charge on any atom is 0.410 e. The number of nitrogens with zero attached hydrogens (tertiary/aromatic N) is 6. The number of hydrogen-bond acceptors (Lipinski definition) is 8. The van der Waals surface area contributed by atoms with Gasteiger partial charge in [0.1, 0.15) is 18.7 Å². The molecule has 1 aromatic rings. The van der Waals surface area contributed by atoms with Crippen molar-refractivity contribution in [3.63, 3.8) is 0 Å². The number of H-pyrrole nitrogens is 1. The zero-order valence-corrected chi connectivity index (χ0v) is 21.2. The zero-order valence-electron chi connectivity index (χ0n) is 21.2. The number of carbonyl (C=O) groups is 3. The summed E-state index contributed by atoms with van der Waals surface area (Å²) in [6, 6.07) is -0.865. The number of rotatable bonds is 9. The van der Waals surface area contributed by atoms with Crippen LogP contribution >= 0.6 is 0 Å². The molecular formula is C22H33N7O7. The molecule has 14 heteroatoms. The summed E-state index contributed by atoms with van der Waals surface area (Å²) in [7, 11) is 0. The molecule has 198 valence electrons. The van der Waals surface area contributed by atoms with E-state index < -0.39 is 53.4 Å². The van der Waals surface area contributed by atoms with Gasteiger partial charge in [0.15, 0.2) is 0 Å². The number of likely N-dealkylation sites (tertiary alicyclic amines) is 1. The fraction of sp³-hybridized carbons (Fsp3) is 0.682. The average Bonchev–Trinajstić information content (AvgIpc) is 3.17. The summed E-state index contributed by atoms with van der Waals surface area (Å²) in [5, 5.41) is 3.73. The van der Waals surface area contributed by atoms with Crippen LogP contribution in [0.4, 0.5) is 4.79 Å². The molecule has 1 aliphatic rings. The summed E-state index contributed by atoms with van der Waals surface area (Å²) in [5.41, 5.74) is 7.05. The first-order valence-electron chi connectivity index (χ1n) is 11.6. The lowest BCUT2D eigenvalue weighted by molar-refractivity contribution is -0.149. The normalized spacial score (nSPS) is 17.3. The van der Waals surface area contributed by atoms with E-state index in [1.54, 1.807) is 27.7 Å². The maximum absolute atomic E-state index is 13.1. The molecular weight excluding hydrogens is 474 g/mol. The van der Waals surface area contributed by atoms with E-state index in [9.17, 15) is 24.0 Å². The van der Waals surface area contributed by atoms with E-state index in [0.29, 0.717) is 6.42 Å². The number of amides is 2. The van der Waals surface area contributed by atoms with E-state index in [1.807, 2.05) is 0 Å². The summed E-state index contributed by atoms with van der Waals surface area (Å²) in [5.74, 6) is -1.18. The van der Waals surface area contributed by atoms with Gasteiger partial charge in [-0.25, -0.2) is 9.59 Å². The first-order valence-corrected chi connectivity index (χ1v) is 11.6. The number of hydrogen-bond donors (Lipinski definition) is 1. The summed E-state index contributed by atoms with van der Waals surface area (Å²) in [4.78, 5) is 69.4. The first-order chi connectivity index (χ1) is 16.8. The van der Waals surface area contributed by atoms with Gasteiger partial charge in [0.25, 0.3) is 5.56 Å². The number of nitrogens with one attached hydrogen (secondary N) is 1. The molecule has 1 saturated heterocycles. The third kappa shape index (κ3) is 8.15. The van der Waals surface area contributed by atoms with Crippen molar-refractivity contribution in [2.45, 2.75) is 71.7 Å². The highest BCUT2D eigenvalue weighted by atomic mass is 16.6. The van der Waals surface area contributed by atoms with Crippen molar-refractivity contribution in [1.29, 1.82) is 0 Å². The molecule has 1 aromatic heterocycles. The van der Waals surface area contributed by atoms with Crippen LogP contribution < -0.4 is 11.2 Å². The lowest BCUT2D eigenvalue weighted by atomic mass is 10.1. The highest BCUT2D eigenvalue weighted by Gasteiger charge is 2.37. The van der Waals surface area contributed by atoms with Gasteiger partial charge in [0.05, 0.1) is 12.6 Å². The van der Waals surface area contributed by atoms with Gasteiger partial charge in [-0.15, -0.1) is 0 Å². The largest absolute Gasteiger partial charge is 0.465 e. The Balaban J connectivity index is 2.21. The predicted octanol–water partition coefficient (Wildman–Crippen LogP) is 1.32. The number of esters is 1. The quantitative estimate of drug-likeness (QED) is 0.226. The number of azide groups is 1. The fourth-order valence-electron chi connectivity index (χ4n) is 3.81. The van der Waals surface area contributed by atoms with Crippen LogP contribution in [-0.4, -0.2) is 81.2 Å². The van der Waals surface area contributed by atoms with Crippen LogP contribution in [0.15, 0.2) is 20.9 Å². The standard InChI is InChI=1S/C22H33N7O7/c1-6-35-18(31)13-27(17(30)12-28-10-14(2)19(32)24-20(28)33)8-7-16-9-15(25-26-23)11-29(16)21(34)36-22(3,4)5/h10,15-16H,6-9,11-13H2,1-5H3,(H,24,32,33)/t15-,16+/m0/s1. The molecule has 2 amide bonds. The minimum Gasteiger partial charge on any atom is -0.465 e. The van der Waals surface area contributed by atoms with Crippen LogP contribution in [0.2, 0.25) is 0 Å². The molecule has 1 N–H and O–H groups in total. The minimum atomic E-state index is -0.751. The molecule has 14 nitrogen and oxygen atoms in total. The second-order valence-corrected chi connectivity index (χ2v) is 9.49. The van der Waals surface area contributed by atoms with Gasteiger partial charge in [0, 0.05) is 35.8 Å². The van der Waals surface area contributed by atoms with Gasteiger partial charge in [-0.3, -0.25) is 23.9 Å². The molecule has 0 aliphatic carbocycles. The highest BCUT2D eigenvalue weighted by Crippen LogP contribution is 2.26. The van der Waals surface area contributed by atoms with Crippen molar-refractivity contribution in [2.75, 3.05) is 26.2 Å². The zero-order chi connectivity index (χ0) is 27.0. The average molecular weight is 508 g/mol. The second-order valence-electron chi connectivity index (χ2n) is 9.49. The smallest absolute Gasteiger partial charge is 0.410 e. The summed E-state index contributed by atoms with van der Waals surface area (Å²) in [6.45, 7) is 7.94. The Labute approximate surface area is 207 Å². The van der Waals surface area contributed by atoms with Crippen LogP contribution in [0.1, 0.15) is 46.1 Å². The Morgan fingerprint density at radius 3 is 2.61 bits per heavy atom. The SMILES string of the molecule is CCOC(=O)CN(CC[C@@H]1C[C@H](N=[N+]=[N-])CN1C(=O)OC(C)(C)C)C(=O)Cn1cc(C)c(=O)[nH]c1=O. The monoisotopic (exact) mass is 507 g/mol. The molecule has 0 unspecified atom stereocenters. The van der Waals surface area contributed by atoms with Crippen molar-refractivity contribution in [3.05, 3.63) is 43.0 Å². The van der Waals surface area contributed by atoms with E-state index >= 15 is 0 Å². The van der Waals surface area contributed by atoms with Gasteiger partial charge in [0.2, 0.25) is 5.91 Å². The van der Waals surface area contributed by atoms with Gasteiger partial charge in [-0.05, 0) is 53.0 Å². The Bertz CT molecular complexity index is 1130. The number of aromatic nitrogens is 2. The lowest BCUT2D eigenvalue weighted by Crippen LogP contribution is -2.45. The summed E-state index contributed by atoms with van der Waals surface area (Å²) >= 11 is 0. The van der Waals surface area contributed by atoms with Crippen LogP contribution in [-0.2, 0) is 25.6 Å². The second kappa shape index (κ2) is 12.2. The maximum atomic E-state index is 13.1. The molecule has 0 radical (unpaired) electrons. The third-order valence-electron chi connectivity index (χ3n) is 5.44. The van der Waals surface area contributed by atoms with Crippen LogP contribution in [0.3, 0.4) is 0 Å². The molecule has 2 atom stereocenters. The van der Waals surface area contributed by atoms with Crippen molar-refractivity contribution >= 4 is 18.0 Å². The Kier molecular flexibility index (Phi) is 9.68.